The number of aliphatic hydroxyl groups excluding tert-OH is 1. The van der Waals surface area contributed by atoms with Gasteiger partial charge in [-0.15, -0.1) is 0 Å². The van der Waals surface area contributed by atoms with E-state index in [-0.39, 0.29) is 23.0 Å². The van der Waals surface area contributed by atoms with Crippen LogP contribution in [0.25, 0.3) is 0 Å². The van der Waals surface area contributed by atoms with Crippen LogP contribution in [0.15, 0.2) is 23.1 Å². The molecule has 20 heavy (non-hydrogen) atoms. The summed E-state index contributed by atoms with van der Waals surface area (Å²) in [6.07, 6.45) is 0. The van der Waals surface area contributed by atoms with Gasteiger partial charge in [0.2, 0.25) is 15.9 Å². The molecule has 1 aromatic carbocycles. The number of carbonyl (C=O) groups is 1. The maximum atomic E-state index is 12.2. The Kier molecular flexibility index (Phi) is 5.27. The van der Waals surface area contributed by atoms with Crippen molar-refractivity contribution < 1.29 is 18.3 Å². The van der Waals surface area contributed by atoms with Crippen LogP contribution in [0.5, 0.6) is 0 Å². The number of amides is 1. The van der Waals surface area contributed by atoms with E-state index in [2.05, 4.69) is 4.72 Å². The molecule has 0 unspecified atom stereocenters. The number of nitrogens with two attached hydrogens (primary N) is 1. The van der Waals surface area contributed by atoms with Crippen molar-refractivity contribution in [2.75, 3.05) is 6.61 Å². The minimum absolute atomic E-state index is 0.0454. The summed E-state index contributed by atoms with van der Waals surface area (Å²) in [7, 11) is -3.81. The molecule has 0 aromatic heterocycles. The molecule has 0 aliphatic rings. The predicted molar refractivity (Wildman–Crippen MR) is 75.7 cm³/mol. The van der Waals surface area contributed by atoms with Gasteiger partial charge in [-0.05, 0) is 30.5 Å². The van der Waals surface area contributed by atoms with Gasteiger partial charge < -0.3 is 10.8 Å². The highest BCUT2D eigenvalue weighted by Crippen LogP contribution is 2.16. The number of hydrogen-bond acceptors (Lipinski definition) is 4. The molecule has 0 saturated heterocycles. The summed E-state index contributed by atoms with van der Waals surface area (Å²) in [5.74, 6) is -0.738. The molecule has 0 bridgehead atoms. The van der Waals surface area contributed by atoms with Crippen molar-refractivity contribution >= 4 is 15.9 Å². The summed E-state index contributed by atoms with van der Waals surface area (Å²) in [5.41, 5.74) is 5.98. The number of hydrogen-bond donors (Lipinski definition) is 3. The number of aryl methyl sites for hydroxylation is 1. The Morgan fingerprint density at radius 1 is 1.40 bits per heavy atom. The Morgan fingerprint density at radius 2 is 2.00 bits per heavy atom. The third kappa shape index (κ3) is 3.78. The topological polar surface area (TPSA) is 109 Å². The molecule has 0 aliphatic carbocycles. The molecule has 0 aliphatic heterocycles. The fourth-order valence-corrected chi connectivity index (χ4v) is 3.09. The van der Waals surface area contributed by atoms with Crippen LogP contribution in [0.4, 0.5) is 0 Å². The zero-order valence-electron chi connectivity index (χ0n) is 11.8. The van der Waals surface area contributed by atoms with Gasteiger partial charge in [-0.2, -0.15) is 0 Å². The fraction of sp³-hybridized carbons (Fsp3) is 0.462. The highest BCUT2D eigenvalue weighted by molar-refractivity contribution is 7.89. The van der Waals surface area contributed by atoms with E-state index < -0.39 is 22.0 Å². The molecule has 1 rings (SSSR count). The van der Waals surface area contributed by atoms with Gasteiger partial charge in [-0.25, -0.2) is 13.1 Å². The van der Waals surface area contributed by atoms with E-state index >= 15 is 0 Å². The molecular weight excluding hydrogens is 280 g/mol. The number of primary amides is 1. The van der Waals surface area contributed by atoms with Crippen molar-refractivity contribution in [2.45, 2.75) is 31.7 Å². The van der Waals surface area contributed by atoms with Crippen LogP contribution in [0.1, 0.15) is 29.8 Å². The molecule has 1 aromatic rings. The lowest BCUT2D eigenvalue weighted by Crippen LogP contribution is -2.41. The lowest BCUT2D eigenvalue weighted by molar-refractivity contribution is 0.0999. The highest BCUT2D eigenvalue weighted by Gasteiger charge is 2.23. The Labute approximate surface area is 119 Å². The van der Waals surface area contributed by atoms with Gasteiger partial charge in [-0.3, -0.25) is 4.79 Å². The third-order valence-electron chi connectivity index (χ3n) is 3.09. The van der Waals surface area contributed by atoms with E-state index in [1.165, 1.54) is 18.2 Å². The first kappa shape index (κ1) is 16.6. The number of carbonyl (C=O) groups excluding carboxylic acids is 1. The minimum atomic E-state index is -3.81. The zero-order valence-corrected chi connectivity index (χ0v) is 12.6. The van der Waals surface area contributed by atoms with E-state index in [4.69, 9.17) is 5.73 Å². The van der Waals surface area contributed by atoms with Gasteiger partial charge in [0.1, 0.15) is 0 Å². The van der Waals surface area contributed by atoms with Crippen LogP contribution >= 0.6 is 0 Å². The van der Waals surface area contributed by atoms with E-state index in [1.807, 2.05) is 0 Å². The SMILES string of the molecule is Cc1ccc(S(=O)(=O)N[C@H](CO)C(C)C)cc1C(N)=O. The van der Waals surface area contributed by atoms with E-state index in [1.54, 1.807) is 20.8 Å². The van der Waals surface area contributed by atoms with Crippen LogP contribution in [0, 0.1) is 12.8 Å². The van der Waals surface area contributed by atoms with Gasteiger partial charge in [0.25, 0.3) is 0 Å². The highest BCUT2D eigenvalue weighted by atomic mass is 32.2. The maximum absolute atomic E-state index is 12.2. The number of benzene rings is 1. The van der Waals surface area contributed by atoms with Crippen molar-refractivity contribution in [2.24, 2.45) is 11.7 Å². The Balaban J connectivity index is 3.16. The number of nitrogens with one attached hydrogen (secondary N) is 1. The summed E-state index contributed by atoms with van der Waals surface area (Å²) in [5, 5.41) is 9.19. The van der Waals surface area contributed by atoms with Gasteiger partial charge in [0.05, 0.1) is 11.5 Å². The second kappa shape index (κ2) is 6.34. The van der Waals surface area contributed by atoms with Crippen molar-refractivity contribution in [3.63, 3.8) is 0 Å². The zero-order chi connectivity index (χ0) is 15.5. The normalized spacial score (nSPS) is 13.4. The average Bonchev–Trinajstić information content (AvgIpc) is 2.35. The van der Waals surface area contributed by atoms with Crippen molar-refractivity contribution in [3.05, 3.63) is 29.3 Å². The fourth-order valence-electron chi connectivity index (χ4n) is 1.69. The van der Waals surface area contributed by atoms with E-state index in [0.717, 1.165) is 0 Å². The smallest absolute Gasteiger partial charge is 0.249 e. The Bertz CT molecular complexity index is 596. The standard InChI is InChI=1S/C13H20N2O4S/c1-8(2)12(7-16)15-20(18,19)10-5-4-9(3)11(6-10)13(14)17/h4-6,8,12,15-16H,7H2,1-3H3,(H2,14,17)/t12-/m1/s1. The molecule has 0 saturated carbocycles. The quantitative estimate of drug-likeness (QED) is 0.706. The Morgan fingerprint density at radius 3 is 2.45 bits per heavy atom. The third-order valence-corrected chi connectivity index (χ3v) is 4.58. The van der Waals surface area contributed by atoms with Crippen LogP contribution in [0.3, 0.4) is 0 Å². The molecule has 1 atom stereocenters. The van der Waals surface area contributed by atoms with E-state index in [0.29, 0.717) is 5.56 Å². The first-order valence-electron chi connectivity index (χ1n) is 6.22. The number of sulfonamides is 1. The molecule has 1 amide bonds. The molecular formula is C13H20N2O4S. The monoisotopic (exact) mass is 300 g/mol. The predicted octanol–water partition coefficient (Wildman–Crippen LogP) is 0.389. The van der Waals surface area contributed by atoms with Crippen LogP contribution in [-0.2, 0) is 10.0 Å². The first-order chi connectivity index (χ1) is 9.19. The molecule has 0 radical (unpaired) electrons. The summed E-state index contributed by atoms with van der Waals surface area (Å²) in [6.45, 7) is 4.97. The van der Waals surface area contributed by atoms with Gasteiger partial charge in [0.15, 0.2) is 0 Å². The van der Waals surface area contributed by atoms with Crippen LogP contribution in [-0.4, -0.2) is 32.1 Å². The second-order valence-corrected chi connectivity index (χ2v) is 6.71. The summed E-state index contributed by atoms with van der Waals surface area (Å²) >= 11 is 0. The molecule has 6 nitrogen and oxygen atoms in total. The first-order valence-corrected chi connectivity index (χ1v) is 7.71. The molecule has 7 heteroatoms. The maximum Gasteiger partial charge on any atom is 0.249 e. The lowest BCUT2D eigenvalue weighted by atomic mass is 10.1. The largest absolute Gasteiger partial charge is 0.395 e. The molecule has 0 spiro atoms. The summed E-state index contributed by atoms with van der Waals surface area (Å²) in [4.78, 5) is 11.2. The summed E-state index contributed by atoms with van der Waals surface area (Å²) in [6, 6.07) is 3.59. The second-order valence-electron chi connectivity index (χ2n) is 5.00. The van der Waals surface area contributed by atoms with E-state index in [9.17, 15) is 18.3 Å². The molecule has 0 fully saturated rings. The molecule has 4 N–H and O–H groups in total. The minimum Gasteiger partial charge on any atom is -0.395 e. The average molecular weight is 300 g/mol. The summed E-state index contributed by atoms with van der Waals surface area (Å²) < 4.78 is 26.8. The van der Waals surface area contributed by atoms with Crippen molar-refractivity contribution in [1.29, 1.82) is 0 Å². The number of rotatable bonds is 6. The Hall–Kier alpha value is -1.44. The molecule has 0 heterocycles. The van der Waals surface area contributed by atoms with Gasteiger partial charge in [0, 0.05) is 11.6 Å². The van der Waals surface area contributed by atoms with Gasteiger partial charge in [-0.1, -0.05) is 19.9 Å². The number of aliphatic hydroxyl groups is 1. The molecule has 112 valence electrons. The van der Waals surface area contributed by atoms with Crippen LogP contribution < -0.4 is 10.5 Å². The lowest BCUT2D eigenvalue weighted by Gasteiger charge is -2.20. The van der Waals surface area contributed by atoms with Gasteiger partial charge >= 0.3 is 0 Å². The van der Waals surface area contributed by atoms with Crippen molar-refractivity contribution in [1.82, 2.24) is 4.72 Å². The van der Waals surface area contributed by atoms with Crippen molar-refractivity contribution in [3.8, 4) is 0 Å². The van der Waals surface area contributed by atoms with Crippen LogP contribution in [0.2, 0.25) is 0 Å².